The highest BCUT2D eigenvalue weighted by atomic mass is 32.1. The molecule has 326 valence electrons. The van der Waals surface area contributed by atoms with Crippen LogP contribution in [0.4, 0.5) is 0 Å². The highest BCUT2D eigenvalue weighted by Crippen LogP contribution is 2.44. The number of hydrogen-bond acceptors (Lipinski definition) is 4. The highest BCUT2D eigenvalue weighted by molar-refractivity contribution is 7.26. The Hall–Kier alpha value is -9.03. The van der Waals surface area contributed by atoms with Gasteiger partial charge in [-0.3, -0.25) is 0 Å². The average Bonchev–Trinajstić information content (AvgIpc) is 4.19. The minimum Gasteiger partial charge on any atom is -0.456 e. The van der Waals surface area contributed by atoms with Gasteiger partial charge in [0, 0.05) is 69.3 Å². The van der Waals surface area contributed by atoms with Crippen LogP contribution >= 0.6 is 11.3 Å². The standard InChI is InChI=1S/C65H38N2O2S/c1-3-12-39(13-4-1)45-33-55(44-25-29-50-49-17-8-10-20-59(49)68-62(50)37-44)66-56(34-45)52-18-11-21-63-65(52)53-30-24-43(38-64(53)70-63)42-23-28-51-54-32-40(26-31-60(54)69-61(51)36-42)41-22-27-48-47-16-7-9-19-57(47)67(58(48)35-41)46-14-5-2-6-15-46/h1-38H. The molecule has 0 spiro atoms. The van der Waals surface area contributed by atoms with Crippen LogP contribution in [0, 0.1) is 0 Å². The van der Waals surface area contributed by atoms with Gasteiger partial charge in [-0.15, -0.1) is 11.3 Å². The monoisotopic (exact) mass is 910 g/mol. The second-order valence-corrected chi connectivity index (χ2v) is 19.3. The SMILES string of the molecule is c1ccc(-c2cc(-c3ccc4c(c3)oc3ccccc34)nc(-c3cccc4sc5cc(-c6ccc7c(c6)oc6ccc(-c8ccc9c%10ccccc%10n(-c%10ccccc%10)c9c8)cc67)ccc5c34)c2)cc1. The molecular formula is C65H38N2O2S. The molecule has 0 amide bonds. The summed E-state index contributed by atoms with van der Waals surface area (Å²) in [7, 11) is 0. The zero-order valence-corrected chi connectivity index (χ0v) is 38.4. The van der Waals surface area contributed by atoms with Crippen molar-refractivity contribution < 1.29 is 8.83 Å². The molecule has 0 saturated heterocycles. The van der Waals surface area contributed by atoms with Crippen molar-refractivity contribution in [1.82, 2.24) is 9.55 Å². The summed E-state index contributed by atoms with van der Waals surface area (Å²) in [5, 5.41) is 9.37. The number of pyridine rings is 1. The van der Waals surface area contributed by atoms with E-state index < -0.39 is 0 Å². The Labute approximate surface area is 405 Å². The van der Waals surface area contributed by atoms with Crippen LogP contribution in [0.2, 0.25) is 0 Å². The number of rotatable bonds is 6. The molecule has 0 aliphatic carbocycles. The van der Waals surface area contributed by atoms with Crippen LogP contribution in [-0.2, 0) is 0 Å². The van der Waals surface area contributed by atoms with E-state index in [0.29, 0.717) is 0 Å². The van der Waals surface area contributed by atoms with Crippen LogP contribution in [0.25, 0.3) is 147 Å². The first-order chi connectivity index (χ1) is 34.6. The molecule has 0 saturated carbocycles. The van der Waals surface area contributed by atoms with Gasteiger partial charge in [-0.05, 0) is 124 Å². The lowest BCUT2D eigenvalue weighted by molar-refractivity contribution is 0.668. The zero-order chi connectivity index (χ0) is 45.9. The molecule has 15 rings (SSSR count). The van der Waals surface area contributed by atoms with Crippen LogP contribution in [0.15, 0.2) is 239 Å². The lowest BCUT2D eigenvalue weighted by atomic mass is 9.96. The van der Waals surface area contributed by atoms with Crippen LogP contribution in [0.3, 0.4) is 0 Å². The minimum atomic E-state index is 0.858. The lowest BCUT2D eigenvalue weighted by Crippen LogP contribution is -1.93. The summed E-state index contributed by atoms with van der Waals surface area (Å²) in [6.07, 6.45) is 0. The normalized spacial score (nSPS) is 12.0. The molecule has 0 radical (unpaired) electrons. The molecule has 15 aromatic rings. The topological polar surface area (TPSA) is 44.1 Å². The van der Waals surface area contributed by atoms with E-state index in [1.807, 2.05) is 23.5 Å². The van der Waals surface area contributed by atoms with Gasteiger partial charge in [0.05, 0.1) is 22.4 Å². The van der Waals surface area contributed by atoms with E-state index in [9.17, 15) is 0 Å². The molecule has 4 nitrogen and oxygen atoms in total. The summed E-state index contributed by atoms with van der Waals surface area (Å²) in [5.41, 5.74) is 17.9. The van der Waals surface area contributed by atoms with Gasteiger partial charge >= 0.3 is 0 Å². The van der Waals surface area contributed by atoms with Gasteiger partial charge in [-0.25, -0.2) is 4.98 Å². The molecule has 0 aliphatic rings. The maximum absolute atomic E-state index is 6.60. The first-order valence-corrected chi connectivity index (χ1v) is 24.5. The second-order valence-electron chi connectivity index (χ2n) is 18.2. The second kappa shape index (κ2) is 15.2. The number of benzene rings is 10. The van der Waals surface area contributed by atoms with Gasteiger partial charge in [0.2, 0.25) is 0 Å². The van der Waals surface area contributed by atoms with E-state index in [-0.39, 0.29) is 0 Å². The summed E-state index contributed by atoms with van der Waals surface area (Å²) < 4.78 is 17.8. The molecule has 5 heterocycles. The maximum Gasteiger partial charge on any atom is 0.136 e. The van der Waals surface area contributed by atoms with Crippen molar-refractivity contribution in [3.63, 3.8) is 0 Å². The molecule has 5 heteroatoms. The zero-order valence-electron chi connectivity index (χ0n) is 37.6. The number of thiophene rings is 1. The van der Waals surface area contributed by atoms with Crippen LogP contribution in [-0.4, -0.2) is 9.55 Å². The van der Waals surface area contributed by atoms with Crippen molar-refractivity contribution >= 4 is 97.2 Å². The molecule has 5 aromatic heterocycles. The number of aromatic nitrogens is 2. The summed E-state index contributed by atoms with van der Waals surface area (Å²) in [6, 6.07) is 82.6. The van der Waals surface area contributed by atoms with Gasteiger partial charge in [0.1, 0.15) is 22.3 Å². The van der Waals surface area contributed by atoms with Gasteiger partial charge in [-0.1, -0.05) is 140 Å². The number of fused-ring (bicyclic) bond motifs is 12. The minimum absolute atomic E-state index is 0.858. The fraction of sp³-hybridized carbons (Fsp3) is 0. The Morgan fingerprint density at radius 1 is 0.314 bits per heavy atom. The average molecular weight is 911 g/mol. The quantitative estimate of drug-likeness (QED) is 0.167. The van der Waals surface area contributed by atoms with Gasteiger partial charge < -0.3 is 13.4 Å². The largest absolute Gasteiger partial charge is 0.456 e. The van der Waals surface area contributed by atoms with Crippen molar-refractivity contribution in [3.8, 4) is 61.6 Å². The predicted molar refractivity (Wildman–Crippen MR) is 293 cm³/mol. The van der Waals surface area contributed by atoms with E-state index >= 15 is 0 Å². The maximum atomic E-state index is 6.60. The van der Waals surface area contributed by atoms with E-state index in [4.69, 9.17) is 13.8 Å². The summed E-state index contributed by atoms with van der Waals surface area (Å²) in [4.78, 5) is 5.42. The smallest absolute Gasteiger partial charge is 0.136 e. The van der Waals surface area contributed by atoms with Gasteiger partial charge in [0.15, 0.2) is 0 Å². The van der Waals surface area contributed by atoms with Crippen molar-refractivity contribution in [1.29, 1.82) is 0 Å². The Balaban J connectivity index is 0.802. The number of nitrogens with zero attached hydrogens (tertiary/aromatic N) is 2. The number of furan rings is 2. The molecule has 0 aliphatic heterocycles. The van der Waals surface area contributed by atoms with Gasteiger partial charge in [-0.2, -0.15) is 0 Å². The fourth-order valence-corrected chi connectivity index (χ4v) is 12.0. The van der Waals surface area contributed by atoms with Crippen LogP contribution < -0.4 is 0 Å². The molecule has 70 heavy (non-hydrogen) atoms. The van der Waals surface area contributed by atoms with Gasteiger partial charge in [0.25, 0.3) is 0 Å². The first-order valence-electron chi connectivity index (χ1n) is 23.7. The number of hydrogen-bond donors (Lipinski definition) is 0. The third-order valence-corrected chi connectivity index (χ3v) is 15.3. The summed E-state index contributed by atoms with van der Waals surface area (Å²) in [6.45, 7) is 0. The Morgan fingerprint density at radius 3 is 1.74 bits per heavy atom. The molecule has 0 atom stereocenters. The van der Waals surface area contributed by atoms with E-state index in [1.165, 1.54) is 47.5 Å². The van der Waals surface area contributed by atoms with Crippen LogP contribution in [0.1, 0.15) is 0 Å². The molecule has 0 bridgehead atoms. The van der Waals surface area contributed by atoms with Crippen molar-refractivity contribution in [2.24, 2.45) is 0 Å². The Morgan fingerprint density at radius 2 is 0.900 bits per heavy atom. The lowest BCUT2D eigenvalue weighted by Gasteiger charge is -2.12. The first kappa shape index (κ1) is 39.0. The van der Waals surface area contributed by atoms with Crippen molar-refractivity contribution in [2.75, 3.05) is 0 Å². The van der Waals surface area contributed by atoms with Crippen LogP contribution in [0.5, 0.6) is 0 Å². The third-order valence-electron chi connectivity index (χ3n) is 14.2. The fourth-order valence-electron chi connectivity index (χ4n) is 10.9. The van der Waals surface area contributed by atoms with E-state index in [0.717, 1.165) is 99.9 Å². The molecule has 0 unspecified atom stereocenters. The Bertz CT molecular complexity index is 4590. The third kappa shape index (κ3) is 6.12. The molecule has 10 aromatic carbocycles. The van der Waals surface area contributed by atoms with Crippen molar-refractivity contribution in [2.45, 2.75) is 0 Å². The molecular weight excluding hydrogens is 873 g/mol. The number of para-hydroxylation sites is 3. The molecule has 0 fully saturated rings. The summed E-state index contributed by atoms with van der Waals surface area (Å²) in [5.74, 6) is 0. The summed E-state index contributed by atoms with van der Waals surface area (Å²) >= 11 is 1.83. The van der Waals surface area contributed by atoms with Crippen molar-refractivity contribution in [3.05, 3.63) is 231 Å². The molecule has 0 N–H and O–H groups in total. The van der Waals surface area contributed by atoms with E-state index in [1.54, 1.807) is 0 Å². The Kier molecular flexibility index (Phi) is 8.49. The van der Waals surface area contributed by atoms with E-state index in [2.05, 4.69) is 223 Å². The highest BCUT2D eigenvalue weighted by Gasteiger charge is 2.19. The predicted octanol–water partition coefficient (Wildman–Crippen LogP) is 18.7.